The number of anilines is 1. The second-order valence-corrected chi connectivity index (χ2v) is 5.16. The number of hydrogen-bond acceptors (Lipinski definition) is 7. The third-order valence-electron chi connectivity index (χ3n) is 2.87. The fraction of sp³-hybridized carbons (Fsp3) is 0.167. The van der Waals surface area contributed by atoms with E-state index in [0.717, 1.165) is 22.6 Å². The summed E-state index contributed by atoms with van der Waals surface area (Å²) in [6.07, 6.45) is 0. The number of nitrogens with zero attached hydrogens (tertiary/aromatic N) is 4. The molecule has 2 heterocycles. The van der Waals surface area contributed by atoms with Crippen LogP contribution < -0.4 is 16.0 Å². The second kappa shape index (κ2) is 4.57. The Labute approximate surface area is 117 Å². The highest BCUT2D eigenvalue weighted by Crippen LogP contribution is 2.23. The minimum Gasteiger partial charge on any atom is -0.496 e. The first kappa shape index (κ1) is 12.5. The zero-order valence-corrected chi connectivity index (χ0v) is 11.6. The molecule has 3 aromatic rings. The van der Waals surface area contributed by atoms with Crippen molar-refractivity contribution in [3.05, 3.63) is 34.1 Å². The SMILES string of the molecule is COc1ccc(-c2nnc3sc(N)nn3c2=O)cc1C. The first-order chi connectivity index (χ1) is 9.60. The average molecular weight is 289 g/mol. The maximum Gasteiger partial charge on any atom is 0.302 e. The summed E-state index contributed by atoms with van der Waals surface area (Å²) in [5, 5.41) is 12.2. The lowest BCUT2D eigenvalue weighted by molar-refractivity contribution is 0.412. The van der Waals surface area contributed by atoms with Crippen molar-refractivity contribution in [2.75, 3.05) is 12.8 Å². The molecule has 8 heteroatoms. The molecule has 0 aliphatic rings. The first-order valence-electron chi connectivity index (χ1n) is 5.77. The van der Waals surface area contributed by atoms with Crippen molar-refractivity contribution in [3.8, 4) is 17.0 Å². The number of nitrogen functional groups attached to an aromatic ring is 1. The van der Waals surface area contributed by atoms with Gasteiger partial charge in [0.1, 0.15) is 5.75 Å². The quantitative estimate of drug-likeness (QED) is 0.759. The maximum atomic E-state index is 12.3. The Morgan fingerprint density at radius 2 is 2.15 bits per heavy atom. The van der Waals surface area contributed by atoms with Crippen LogP contribution in [0.25, 0.3) is 16.2 Å². The molecule has 0 radical (unpaired) electrons. The fourth-order valence-corrected chi connectivity index (χ4v) is 2.54. The molecule has 0 aliphatic carbocycles. The normalized spacial score (nSPS) is 10.9. The van der Waals surface area contributed by atoms with Gasteiger partial charge in [-0.2, -0.15) is 4.52 Å². The van der Waals surface area contributed by atoms with E-state index >= 15 is 0 Å². The van der Waals surface area contributed by atoms with Gasteiger partial charge in [0.25, 0.3) is 0 Å². The Morgan fingerprint density at radius 3 is 2.85 bits per heavy atom. The van der Waals surface area contributed by atoms with E-state index in [1.807, 2.05) is 13.0 Å². The summed E-state index contributed by atoms with van der Waals surface area (Å²) >= 11 is 1.12. The Bertz CT molecular complexity index is 855. The van der Waals surface area contributed by atoms with Gasteiger partial charge in [0, 0.05) is 5.56 Å². The number of rotatable bonds is 2. The number of benzene rings is 1. The van der Waals surface area contributed by atoms with Crippen LogP contribution in [0.15, 0.2) is 23.0 Å². The smallest absolute Gasteiger partial charge is 0.302 e. The number of nitrogens with two attached hydrogens (primary N) is 1. The van der Waals surface area contributed by atoms with Crippen molar-refractivity contribution in [1.29, 1.82) is 0 Å². The zero-order chi connectivity index (χ0) is 14.3. The summed E-state index contributed by atoms with van der Waals surface area (Å²) in [5.74, 6) is 0.751. The van der Waals surface area contributed by atoms with E-state index in [2.05, 4.69) is 15.3 Å². The van der Waals surface area contributed by atoms with E-state index in [0.29, 0.717) is 10.5 Å². The molecule has 0 unspecified atom stereocenters. The van der Waals surface area contributed by atoms with Crippen LogP contribution in [0.1, 0.15) is 5.56 Å². The van der Waals surface area contributed by atoms with Crippen LogP contribution in [0.3, 0.4) is 0 Å². The van der Waals surface area contributed by atoms with Gasteiger partial charge >= 0.3 is 5.56 Å². The molecule has 0 saturated heterocycles. The highest BCUT2D eigenvalue weighted by molar-refractivity contribution is 7.20. The van der Waals surface area contributed by atoms with Crippen LogP contribution in [0.4, 0.5) is 5.13 Å². The van der Waals surface area contributed by atoms with Crippen molar-refractivity contribution in [2.45, 2.75) is 6.92 Å². The van der Waals surface area contributed by atoms with Crippen LogP contribution in [0, 0.1) is 6.92 Å². The van der Waals surface area contributed by atoms with Crippen LogP contribution in [-0.4, -0.2) is 26.9 Å². The number of hydrogen-bond donors (Lipinski definition) is 1. The monoisotopic (exact) mass is 289 g/mol. The van der Waals surface area contributed by atoms with Crippen LogP contribution >= 0.6 is 11.3 Å². The standard InChI is InChI=1S/C12H11N5O2S/c1-6-5-7(3-4-8(6)19-2)9-10(18)17-12(15-14-9)20-11(13)16-17/h3-5H,1-2H3,(H2,13,16). The number of ether oxygens (including phenoxy) is 1. The van der Waals surface area contributed by atoms with Gasteiger partial charge in [0.15, 0.2) is 5.69 Å². The molecule has 2 aromatic heterocycles. The fourth-order valence-electron chi connectivity index (χ4n) is 1.94. The Kier molecular flexibility index (Phi) is 2.87. The lowest BCUT2D eigenvalue weighted by Gasteiger charge is -2.06. The summed E-state index contributed by atoms with van der Waals surface area (Å²) in [6.45, 7) is 1.90. The molecule has 0 amide bonds. The van der Waals surface area contributed by atoms with Crippen molar-refractivity contribution in [1.82, 2.24) is 19.8 Å². The van der Waals surface area contributed by atoms with Crippen LogP contribution in [0.5, 0.6) is 5.75 Å². The molecular formula is C12H11N5O2S. The van der Waals surface area contributed by atoms with E-state index < -0.39 is 0 Å². The van der Waals surface area contributed by atoms with E-state index in [-0.39, 0.29) is 16.4 Å². The molecule has 1 aromatic carbocycles. The van der Waals surface area contributed by atoms with E-state index in [4.69, 9.17) is 10.5 Å². The molecule has 3 rings (SSSR count). The lowest BCUT2D eigenvalue weighted by atomic mass is 10.1. The van der Waals surface area contributed by atoms with Crippen LogP contribution in [-0.2, 0) is 0 Å². The summed E-state index contributed by atoms with van der Waals surface area (Å²) in [5.41, 5.74) is 7.05. The van der Waals surface area contributed by atoms with Gasteiger partial charge in [0.2, 0.25) is 10.1 Å². The molecule has 102 valence electrons. The van der Waals surface area contributed by atoms with Gasteiger partial charge in [-0.1, -0.05) is 11.3 Å². The number of aryl methyl sites for hydroxylation is 1. The second-order valence-electron chi connectivity index (χ2n) is 4.17. The van der Waals surface area contributed by atoms with Crippen molar-refractivity contribution >= 4 is 21.4 Å². The molecule has 0 spiro atoms. The number of methoxy groups -OCH3 is 1. The van der Waals surface area contributed by atoms with Crippen LogP contribution in [0.2, 0.25) is 0 Å². The van der Waals surface area contributed by atoms with Gasteiger partial charge in [-0.15, -0.1) is 15.3 Å². The molecule has 0 bridgehead atoms. The highest BCUT2D eigenvalue weighted by atomic mass is 32.1. The predicted molar refractivity (Wildman–Crippen MR) is 76.1 cm³/mol. The van der Waals surface area contributed by atoms with E-state index in [1.165, 1.54) is 4.52 Å². The number of aromatic nitrogens is 4. The summed E-state index contributed by atoms with van der Waals surface area (Å²) in [4.78, 5) is 12.7. The molecule has 7 nitrogen and oxygen atoms in total. The summed E-state index contributed by atoms with van der Waals surface area (Å²) < 4.78 is 6.36. The lowest BCUT2D eigenvalue weighted by Crippen LogP contribution is -2.19. The molecule has 20 heavy (non-hydrogen) atoms. The first-order valence-corrected chi connectivity index (χ1v) is 6.59. The molecule has 0 aliphatic heterocycles. The van der Waals surface area contributed by atoms with Gasteiger partial charge < -0.3 is 10.5 Å². The summed E-state index contributed by atoms with van der Waals surface area (Å²) in [6, 6.07) is 5.38. The Balaban J connectivity index is 2.21. The summed E-state index contributed by atoms with van der Waals surface area (Å²) in [7, 11) is 1.60. The maximum absolute atomic E-state index is 12.3. The van der Waals surface area contributed by atoms with Gasteiger partial charge in [0.05, 0.1) is 7.11 Å². The minimum atomic E-state index is -0.340. The van der Waals surface area contributed by atoms with Crippen molar-refractivity contribution < 1.29 is 4.74 Å². The van der Waals surface area contributed by atoms with Gasteiger partial charge in [-0.05, 0) is 30.7 Å². The van der Waals surface area contributed by atoms with E-state index in [9.17, 15) is 4.79 Å². The predicted octanol–water partition coefficient (Wildman–Crippen LogP) is 1.11. The zero-order valence-electron chi connectivity index (χ0n) is 10.8. The number of fused-ring (bicyclic) bond motifs is 1. The van der Waals surface area contributed by atoms with E-state index in [1.54, 1.807) is 19.2 Å². The Morgan fingerprint density at radius 1 is 1.35 bits per heavy atom. The topological polar surface area (TPSA) is 95.4 Å². The third kappa shape index (κ3) is 1.90. The molecule has 0 fully saturated rings. The Hall–Kier alpha value is -2.48. The average Bonchev–Trinajstić information content (AvgIpc) is 2.81. The van der Waals surface area contributed by atoms with Crippen molar-refractivity contribution in [2.24, 2.45) is 0 Å². The minimum absolute atomic E-state index is 0.235. The highest BCUT2D eigenvalue weighted by Gasteiger charge is 2.13. The van der Waals surface area contributed by atoms with Crippen molar-refractivity contribution in [3.63, 3.8) is 0 Å². The van der Waals surface area contributed by atoms with Gasteiger partial charge in [-0.25, -0.2) is 0 Å². The molecule has 0 atom stereocenters. The van der Waals surface area contributed by atoms with Gasteiger partial charge in [-0.3, -0.25) is 4.79 Å². The third-order valence-corrected chi connectivity index (χ3v) is 3.60. The molecule has 2 N–H and O–H groups in total. The molecule has 0 saturated carbocycles. The molecular weight excluding hydrogens is 278 g/mol. The largest absolute Gasteiger partial charge is 0.496 e.